The number of nitro benzene ring substituents is 1. The highest BCUT2D eigenvalue weighted by molar-refractivity contribution is 6.32. The van der Waals surface area contributed by atoms with Gasteiger partial charge >= 0.3 is 12.5 Å². The van der Waals surface area contributed by atoms with E-state index in [1.165, 1.54) is 18.2 Å². The van der Waals surface area contributed by atoms with Crippen LogP contribution in [0.15, 0.2) is 42.5 Å². The van der Waals surface area contributed by atoms with Crippen LogP contribution >= 0.6 is 11.6 Å². The Morgan fingerprint density at radius 3 is 2.70 bits per heavy atom. The summed E-state index contributed by atoms with van der Waals surface area (Å²) in [6.07, 6.45) is 0. The lowest BCUT2D eigenvalue weighted by Crippen LogP contribution is -2.30. The van der Waals surface area contributed by atoms with Crippen molar-refractivity contribution in [2.75, 3.05) is 6.54 Å². The van der Waals surface area contributed by atoms with Gasteiger partial charge in [-0.15, -0.1) is 0 Å². The van der Waals surface area contributed by atoms with Crippen molar-refractivity contribution in [3.8, 4) is 0 Å². The van der Waals surface area contributed by atoms with E-state index in [4.69, 9.17) is 16.3 Å². The molecule has 0 fully saturated rings. The summed E-state index contributed by atoms with van der Waals surface area (Å²) >= 11 is 5.68. The third kappa shape index (κ3) is 4.51. The van der Waals surface area contributed by atoms with Crippen LogP contribution in [0.2, 0.25) is 5.02 Å². The number of carbonyl (C=O) groups excluding carboxylic acids is 2. The zero-order valence-corrected chi connectivity index (χ0v) is 15.8. The van der Waals surface area contributed by atoms with Gasteiger partial charge in [-0.25, -0.2) is 4.98 Å². The Hall–Kier alpha value is -3.60. The molecular formula is C18H13ClF2N4O5. The first-order chi connectivity index (χ1) is 14.3. The van der Waals surface area contributed by atoms with Crippen LogP contribution < -0.4 is 5.32 Å². The molecular weight excluding hydrogens is 426 g/mol. The summed E-state index contributed by atoms with van der Waals surface area (Å²) in [4.78, 5) is 38.1. The SMILES string of the molecule is O=C(CNC(=O)c1ccc(Cl)c([N+](=O)[O-])c1)OCc1nc2ccccc2n1C(F)F. The van der Waals surface area contributed by atoms with E-state index < -0.39 is 42.2 Å². The maximum absolute atomic E-state index is 13.3. The van der Waals surface area contributed by atoms with Crippen molar-refractivity contribution in [2.45, 2.75) is 13.2 Å². The second-order valence-corrected chi connectivity index (χ2v) is 6.34. The van der Waals surface area contributed by atoms with E-state index in [0.717, 1.165) is 6.07 Å². The topological polar surface area (TPSA) is 116 Å². The fraction of sp³-hybridized carbons (Fsp3) is 0.167. The number of rotatable bonds is 7. The Morgan fingerprint density at radius 1 is 1.27 bits per heavy atom. The smallest absolute Gasteiger partial charge is 0.325 e. The molecule has 1 heterocycles. The second kappa shape index (κ2) is 8.82. The van der Waals surface area contributed by atoms with Gasteiger partial charge in [-0.3, -0.25) is 24.3 Å². The number of amides is 1. The maximum Gasteiger partial charge on any atom is 0.325 e. The third-order valence-corrected chi connectivity index (χ3v) is 4.34. The molecule has 0 aliphatic rings. The Bertz CT molecular complexity index is 1130. The van der Waals surface area contributed by atoms with E-state index in [0.29, 0.717) is 10.1 Å². The number of halogens is 3. The van der Waals surface area contributed by atoms with Crippen molar-refractivity contribution in [1.29, 1.82) is 0 Å². The first kappa shape index (κ1) is 21.1. The van der Waals surface area contributed by atoms with Crippen molar-refractivity contribution in [3.63, 3.8) is 0 Å². The lowest BCUT2D eigenvalue weighted by molar-refractivity contribution is -0.384. The third-order valence-electron chi connectivity index (χ3n) is 4.02. The predicted molar refractivity (Wildman–Crippen MR) is 101 cm³/mol. The molecule has 2 aromatic carbocycles. The molecule has 0 bridgehead atoms. The first-order valence-electron chi connectivity index (χ1n) is 8.39. The first-order valence-corrected chi connectivity index (χ1v) is 8.77. The van der Waals surface area contributed by atoms with E-state index in [-0.39, 0.29) is 21.9 Å². The molecule has 0 saturated carbocycles. The molecule has 30 heavy (non-hydrogen) atoms. The molecule has 12 heteroatoms. The van der Waals surface area contributed by atoms with E-state index in [1.807, 2.05) is 0 Å². The standard InChI is InChI=1S/C18H13ClF2N4O5/c19-11-6-5-10(7-14(11)25(28)29)17(27)22-8-16(26)30-9-15-23-12-3-1-2-4-13(12)24(15)18(20)21/h1-7,18H,8-9H2,(H,22,27). The number of imidazole rings is 1. The molecule has 0 radical (unpaired) electrons. The molecule has 3 aromatic rings. The van der Waals surface area contributed by atoms with Gasteiger partial charge in [0, 0.05) is 11.6 Å². The number of hydrogen-bond acceptors (Lipinski definition) is 6. The number of fused-ring (bicyclic) bond motifs is 1. The Morgan fingerprint density at radius 2 is 2.00 bits per heavy atom. The van der Waals surface area contributed by atoms with Gasteiger partial charge in [-0.2, -0.15) is 8.78 Å². The van der Waals surface area contributed by atoms with Gasteiger partial charge in [0.15, 0.2) is 5.82 Å². The minimum atomic E-state index is -2.88. The molecule has 0 atom stereocenters. The van der Waals surface area contributed by atoms with Crippen LogP contribution in [0.5, 0.6) is 0 Å². The Kier molecular flexibility index (Phi) is 6.21. The van der Waals surface area contributed by atoms with Gasteiger partial charge in [0.2, 0.25) is 0 Å². The zero-order valence-electron chi connectivity index (χ0n) is 15.0. The quantitative estimate of drug-likeness (QED) is 0.343. The van der Waals surface area contributed by atoms with Crippen LogP contribution in [-0.4, -0.2) is 32.9 Å². The number of benzene rings is 2. The molecule has 156 valence electrons. The zero-order chi connectivity index (χ0) is 21.8. The molecule has 1 amide bonds. The van der Waals surface area contributed by atoms with Gasteiger partial charge in [0.05, 0.1) is 16.0 Å². The summed E-state index contributed by atoms with van der Waals surface area (Å²) in [5.41, 5.74) is -0.0335. The van der Waals surface area contributed by atoms with Crippen molar-refractivity contribution < 1.29 is 28.0 Å². The van der Waals surface area contributed by atoms with E-state index in [1.54, 1.807) is 18.2 Å². The fourth-order valence-electron chi connectivity index (χ4n) is 2.66. The number of para-hydroxylation sites is 2. The van der Waals surface area contributed by atoms with Crippen LogP contribution in [0.25, 0.3) is 11.0 Å². The van der Waals surface area contributed by atoms with Gasteiger partial charge in [-0.05, 0) is 24.3 Å². The van der Waals surface area contributed by atoms with Crippen molar-refractivity contribution in [3.05, 3.63) is 69.0 Å². The van der Waals surface area contributed by atoms with Gasteiger partial charge in [0.1, 0.15) is 18.2 Å². The van der Waals surface area contributed by atoms with E-state index in [9.17, 15) is 28.5 Å². The number of nitro groups is 1. The monoisotopic (exact) mass is 438 g/mol. The van der Waals surface area contributed by atoms with Crippen LogP contribution in [0, 0.1) is 10.1 Å². The summed E-state index contributed by atoms with van der Waals surface area (Å²) in [6.45, 7) is -3.99. The number of esters is 1. The Balaban J connectivity index is 1.61. The molecule has 0 unspecified atom stereocenters. The molecule has 0 spiro atoms. The largest absolute Gasteiger partial charge is 0.456 e. The van der Waals surface area contributed by atoms with Gasteiger partial charge < -0.3 is 10.1 Å². The number of nitrogens with one attached hydrogen (secondary N) is 1. The van der Waals surface area contributed by atoms with E-state index >= 15 is 0 Å². The minimum absolute atomic E-state index is 0.0848. The normalized spacial score (nSPS) is 10.9. The summed E-state index contributed by atoms with van der Waals surface area (Å²) in [5.74, 6) is -1.83. The average Bonchev–Trinajstić information content (AvgIpc) is 3.09. The second-order valence-electron chi connectivity index (χ2n) is 5.93. The number of nitrogens with zero attached hydrogens (tertiary/aromatic N) is 3. The van der Waals surface area contributed by atoms with Crippen LogP contribution in [0.1, 0.15) is 22.7 Å². The summed E-state index contributed by atoms with van der Waals surface area (Å²) in [7, 11) is 0. The molecule has 1 aromatic heterocycles. The lowest BCUT2D eigenvalue weighted by Gasteiger charge is -2.09. The predicted octanol–water partition coefficient (Wildman–Crippen LogP) is 3.47. The average molecular weight is 439 g/mol. The van der Waals surface area contributed by atoms with E-state index in [2.05, 4.69) is 10.3 Å². The highest BCUT2D eigenvalue weighted by Crippen LogP contribution is 2.25. The van der Waals surface area contributed by atoms with Crippen molar-refractivity contribution in [1.82, 2.24) is 14.9 Å². The molecule has 0 aliphatic carbocycles. The highest BCUT2D eigenvalue weighted by atomic mass is 35.5. The maximum atomic E-state index is 13.3. The minimum Gasteiger partial charge on any atom is -0.456 e. The Labute approximate surface area is 172 Å². The molecule has 3 rings (SSSR count). The molecule has 1 N–H and O–H groups in total. The highest BCUT2D eigenvalue weighted by Gasteiger charge is 2.20. The van der Waals surface area contributed by atoms with Crippen molar-refractivity contribution >= 4 is 40.2 Å². The van der Waals surface area contributed by atoms with Gasteiger partial charge in [-0.1, -0.05) is 23.7 Å². The fourth-order valence-corrected chi connectivity index (χ4v) is 2.84. The summed E-state index contributed by atoms with van der Waals surface area (Å²) in [5, 5.41) is 13.0. The van der Waals surface area contributed by atoms with Crippen LogP contribution in [-0.2, 0) is 16.1 Å². The lowest BCUT2D eigenvalue weighted by atomic mass is 10.2. The molecule has 0 aliphatic heterocycles. The van der Waals surface area contributed by atoms with Gasteiger partial charge in [0.25, 0.3) is 11.6 Å². The summed E-state index contributed by atoms with van der Waals surface area (Å²) in [6, 6.07) is 9.63. The number of hydrogen-bond donors (Lipinski definition) is 1. The van der Waals surface area contributed by atoms with Crippen LogP contribution in [0.3, 0.4) is 0 Å². The summed E-state index contributed by atoms with van der Waals surface area (Å²) < 4.78 is 32.2. The van der Waals surface area contributed by atoms with Crippen molar-refractivity contribution in [2.24, 2.45) is 0 Å². The molecule has 9 nitrogen and oxygen atoms in total. The number of alkyl halides is 2. The number of ether oxygens (including phenoxy) is 1. The number of aromatic nitrogens is 2. The van der Waals surface area contributed by atoms with Crippen LogP contribution in [0.4, 0.5) is 14.5 Å². The number of carbonyl (C=O) groups is 2. The molecule has 0 saturated heterocycles.